The molecule has 1 atom stereocenters. The summed E-state index contributed by atoms with van der Waals surface area (Å²) in [6.07, 6.45) is -5.00. The number of hydrogen-bond acceptors (Lipinski definition) is 4. The van der Waals surface area contributed by atoms with Gasteiger partial charge in [-0.1, -0.05) is 37.3 Å². The van der Waals surface area contributed by atoms with Crippen LogP contribution in [-0.4, -0.2) is 36.9 Å². The van der Waals surface area contributed by atoms with Crippen LogP contribution in [0.4, 0.5) is 13.2 Å². The molecule has 134 valence electrons. The number of benzene rings is 1. The smallest absolute Gasteiger partial charge is 0.436 e. The van der Waals surface area contributed by atoms with Crippen LogP contribution in [0.2, 0.25) is 0 Å². The van der Waals surface area contributed by atoms with E-state index < -0.39 is 23.7 Å². The number of nitrogens with one attached hydrogen (secondary N) is 2. The fourth-order valence-corrected chi connectivity index (χ4v) is 2.03. The van der Waals surface area contributed by atoms with E-state index in [0.717, 1.165) is 5.56 Å². The lowest BCUT2D eigenvalue weighted by Gasteiger charge is -2.34. The molecule has 0 radical (unpaired) electrons. The molecule has 1 aromatic rings. The van der Waals surface area contributed by atoms with Crippen molar-refractivity contribution in [3.8, 4) is 0 Å². The quantitative estimate of drug-likeness (QED) is 0.559. The van der Waals surface area contributed by atoms with Crippen LogP contribution in [0, 0.1) is 0 Å². The number of amides is 1. The van der Waals surface area contributed by atoms with E-state index in [0.29, 0.717) is 0 Å². The minimum atomic E-state index is -5.05. The maximum atomic E-state index is 13.6. The number of carbonyl (C=O) groups is 2. The maximum Gasteiger partial charge on any atom is 0.436 e. The summed E-state index contributed by atoms with van der Waals surface area (Å²) in [5.74, 6) is -2.49. The fourth-order valence-electron chi connectivity index (χ4n) is 2.03. The highest BCUT2D eigenvalue weighted by Crippen LogP contribution is 2.30. The Hall–Kier alpha value is -2.09. The minimum absolute atomic E-state index is 0.174. The zero-order chi connectivity index (χ0) is 18.2. The molecule has 5 nitrogen and oxygen atoms in total. The lowest BCUT2D eigenvalue weighted by Crippen LogP contribution is -2.72. The molecule has 0 fully saturated rings. The van der Waals surface area contributed by atoms with Crippen molar-refractivity contribution in [2.24, 2.45) is 0 Å². The fraction of sp³-hybridized carbons (Fsp3) is 0.500. The molecule has 0 aliphatic carbocycles. The van der Waals surface area contributed by atoms with Crippen LogP contribution in [0.15, 0.2) is 30.3 Å². The summed E-state index contributed by atoms with van der Waals surface area (Å²) in [7, 11) is 0. The van der Waals surface area contributed by atoms with Crippen molar-refractivity contribution in [1.82, 2.24) is 10.6 Å². The molecule has 0 aliphatic heterocycles. The van der Waals surface area contributed by atoms with Crippen molar-refractivity contribution in [2.75, 3.05) is 13.2 Å². The van der Waals surface area contributed by atoms with Crippen molar-refractivity contribution in [2.45, 2.75) is 38.5 Å². The topological polar surface area (TPSA) is 67.4 Å². The summed E-state index contributed by atoms with van der Waals surface area (Å²) in [6, 6.07) is 8.82. The van der Waals surface area contributed by atoms with Gasteiger partial charge in [0.2, 0.25) is 5.91 Å². The van der Waals surface area contributed by atoms with Gasteiger partial charge in [-0.3, -0.25) is 10.1 Å². The molecule has 0 aromatic heterocycles. The first-order valence-electron chi connectivity index (χ1n) is 7.60. The summed E-state index contributed by atoms with van der Waals surface area (Å²) >= 11 is 0. The first-order valence-corrected chi connectivity index (χ1v) is 7.60. The number of rotatable bonds is 8. The predicted molar refractivity (Wildman–Crippen MR) is 82.0 cm³/mol. The van der Waals surface area contributed by atoms with Gasteiger partial charge in [-0.2, -0.15) is 13.2 Å². The second-order valence-corrected chi connectivity index (χ2v) is 5.03. The summed E-state index contributed by atoms with van der Waals surface area (Å²) in [5, 5.41) is 3.88. The van der Waals surface area contributed by atoms with Crippen molar-refractivity contribution < 1.29 is 27.5 Å². The Labute approximate surface area is 138 Å². The van der Waals surface area contributed by atoms with E-state index in [9.17, 15) is 22.8 Å². The van der Waals surface area contributed by atoms with Gasteiger partial charge in [-0.15, -0.1) is 0 Å². The second-order valence-electron chi connectivity index (χ2n) is 5.03. The predicted octanol–water partition coefficient (Wildman–Crippen LogP) is 2.17. The zero-order valence-electron chi connectivity index (χ0n) is 13.6. The van der Waals surface area contributed by atoms with E-state index in [2.05, 4.69) is 10.1 Å². The maximum absolute atomic E-state index is 13.6. The first kappa shape index (κ1) is 20.0. The third-order valence-corrected chi connectivity index (χ3v) is 3.30. The number of carbonyl (C=O) groups excluding carboxylic acids is 2. The summed E-state index contributed by atoms with van der Waals surface area (Å²) in [6.45, 7) is 2.38. The molecule has 2 N–H and O–H groups in total. The highest BCUT2D eigenvalue weighted by atomic mass is 19.4. The lowest BCUT2D eigenvalue weighted by atomic mass is 10.1. The summed E-state index contributed by atoms with van der Waals surface area (Å²) in [4.78, 5) is 23.5. The highest BCUT2D eigenvalue weighted by Gasteiger charge is 2.62. The molecule has 0 aliphatic rings. The average Bonchev–Trinajstić information content (AvgIpc) is 2.53. The van der Waals surface area contributed by atoms with E-state index in [-0.39, 0.29) is 26.0 Å². The molecule has 1 aromatic carbocycles. The number of esters is 1. The van der Waals surface area contributed by atoms with E-state index in [1.165, 1.54) is 13.8 Å². The highest BCUT2D eigenvalue weighted by molar-refractivity contribution is 5.88. The average molecular weight is 346 g/mol. The Morgan fingerprint density at radius 2 is 1.75 bits per heavy atom. The third kappa shape index (κ3) is 4.95. The Balaban J connectivity index is 3.00. The van der Waals surface area contributed by atoms with Gasteiger partial charge in [0.1, 0.15) is 0 Å². The van der Waals surface area contributed by atoms with E-state index in [1.54, 1.807) is 35.6 Å². The molecule has 0 saturated carbocycles. The van der Waals surface area contributed by atoms with Gasteiger partial charge in [-0.05, 0) is 18.9 Å². The van der Waals surface area contributed by atoms with Gasteiger partial charge in [0, 0.05) is 13.0 Å². The molecule has 24 heavy (non-hydrogen) atoms. The standard InChI is InChI=1S/C16H21F3N2O3/c1-3-13(22)21-15(16(17,18)19,14(23)24-4-2)20-11-10-12-8-6-5-7-9-12/h5-9,20H,3-4,10-11H2,1-2H3,(H,21,22)/t15-/m0/s1. The Bertz CT molecular complexity index is 549. The van der Waals surface area contributed by atoms with Crippen molar-refractivity contribution in [3.05, 3.63) is 35.9 Å². The van der Waals surface area contributed by atoms with Crippen LogP contribution in [-0.2, 0) is 20.7 Å². The first-order chi connectivity index (χ1) is 11.3. The molecule has 0 unspecified atom stereocenters. The van der Waals surface area contributed by atoms with Crippen LogP contribution in [0.3, 0.4) is 0 Å². The molecule has 1 rings (SSSR count). The van der Waals surface area contributed by atoms with Gasteiger partial charge in [0.15, 0.2) is 0 Å². The van der Waals surface area contributed by atoms with Crippen molar-refractivity contribution >= 4 is 11.9 Å². The zero-order valence-corrected chi connectivity index (χ0v) is 13.6. The monoisotopic (exact) mass is 346 g/mol. The van der Waals surface area contributed by atoms with Crippen LogP contribution in [0.25, 0.3) is 0 Å². The number of alkyl halides is 3. The SMILES string of the molecule is CCOC(=O)[C@](NCCc1ccccc1)(NC(=O)CC)C(F)(F)F. The van der Waals surface area contributed by atoms with E-state index in [4.69, 9.17) is 0 Å². The van der Waals surface area contributed by atoms with Crippen LogP contribution in [0.5, 0.6) is 0 Å². The van der Waals surface area contributed by atoms with Crippen molar-refractivity contribution in [3.63, 3.8) is 0 Å². The molecular weight excluding hydrogens is 325 g/mol. The van der Waals surface area contributed by atoms with Gasteiger partial charge < -0.3 is 10.1 Å². The molecular formula is C16H21F3N2O3. The number of halogens is 3. The van der Waals surface area contributed by atoms with E-state index in [1.807, 2.05) is 0 Å². The van der Waals surface area contributed by atoms with Crippen LogP contribution >= 0.6 is 0 Å². The summed E-state index contributed by atoms with van der Waals surface area (Å²) in [5.41, 5.74) is -2.46. The minimum Gasteiger partial charge on any atom is -0.463 e. The molecule has 8 heteroatoms. The van der Waals surface area contributed by atoms with Crippen LogP contribution in [0.1, 0.15) is 25.8 Å². The Kier molecular flexibility index (Phi) is 7.21. The van der Waals surface area contributed by atoms with Gasteiger partial charge in [0.05, 0.1) is 6.61 Å². The Morgan fingerprint density at radius 3 is 2.25 bits per heavy atom. The third-order valence-electron chi connectivity index (χ3n) is 3.30. The molecule has 1 amide bonds. The molecule has 0 saturated heterocycles. The normalized spacial score (nSPS) is 13.9. The van der Waals surface area contributed by atoms with Crippen LogP contribution < -0.4 is 10.6 Å². The lowest BCUT2D eigenvalue weighted by molar-refractivity contribution is -0.221. The van der Waals surface area contributed by atoms with Gasteiger partial charge >= 0.3 is 12.1 Å². The largest absolute Gasteiger partial charge is 0.463 e. The van der Waals surface area contributed by atoms with Gasteiger partial charge in [-0.25, -0.2) is 4.79 Å². The van der Waals surface area contributed by atoms with Gasteiger partial charge in [0.25, 0.3) is 5.66 Å². The molecule has 0 bridgehead atoms. The molecule has 0 spiro atoms. The number of ether oxygens (including phenoxy) is 1. The summed E-state index contributed by atoms with van der Waals surface area (Å²) < 4.78 is 45.3. The number of hydrogen-bond donors (Lipinski definition) is 2. The molecule has 0 heterocycles. The second kappa shape index (κ2) is 8.68. The van der Waals surface area contributed by atoms with Crippen molar-refractivity contribution in [1.29, 1.82) is 0 Å². The Morgan fingerprint density at radius 1 is 1.12 bits per heavy atom. The van der Waals surface area contributed by atoms with E-state index >= 15 is 0 Å².